The van der Waals surface area contributed by atoms with Gasteiger partial charge in [0.25, 0.3) is 5.91 Å². The molecule has 14 heavy (non-hydrogen) atoms. The van der Waals surface area contributed by atoms with E-state index in [1.807, 2.05) is 0 Å². The van der Waals surface area contributed by atoms with Crippen molar-refractivity contribution in [1.29, 1.82) is 0 Å². The second kappa shape index (κ2) is 5.25. The lowest BCUT2D eigenvalue weighted by molar-refractivity contribution is 0.0954. The van der Waals surface area contributed by atoms with E-state index in [1.54, 1.807) is 12.1 Å². The first kappa shape index (κ1) is 10.6. The maximum absolute atomic E-state index is 11.4. The standard InChI is InChI=1S/C10H9ClN2O/c1-2-3-6-12-10(14)8-4-5-9(11)13-7-8/h1,4-5,7H,3,6H2,(H,12,14). The zero-order chi connectivity index (χ0) is 10.4. The first-order chi connectivity index (χ1) is 6.74. The van der Waals surface area contributed by atoms with Crippen LogP contribution in [0.1, 0.15) is 16.8 Å². The summed E-state index contributed by atoms with van der Waals surface area (Å²) in [6.07, 6.45) is 6.99. The highest BCUT2D eigenvalue weighted by atomic mass is 35.5. The second-order valence-electron chi connectivity index (χ2n) is 2.58. The average Bonchev–Trinajstić information content (AvgIpc) is 2.19. The van der Waals surface area contributed by atoms with Crippen LogP contribution in [0, 0.1) is 12.3 Å². The van der Waals surface area contributed by atoms with E-state index in [9.17, 15) is 4.79 Å². The van der Waals surface area contributed by atoms with Gasteiger partial charge in [-0.2, -0.15) is 0 Å². The topological polar surface area (TPSA) is 42.0 Å². The minimum absolute atomic E-state index is 0.190. The molecule has 0 bridgehead atoms. The van der Waals surface area contributed by atoms with Crippen molar-refractivity contribution in [1.82, 2.24) is 10.3 Å². The molecule has 1 aromatic rings. The number of carbonyl (C=O) groups excluding carboxylic acids is 1. The van der Waals surface area contributed by atoms with Gasteiger partial charge in [-0.1, -0.05) is 11.6 Å². The molecule has 0 aliphatic heterocycles. The molecule has 1 aromatic heterocycles. The summed E-state index contributed by atoms with van der Waals surface area (Å²) in [5.41, 5.74) is 0.478. The van der Waals surface area contributed by atoms with Crippen molar-refractivity contribution >= 4 is 17.5 Å². The lowest BCUT2D eigenvalue weighted by atomic mass is 10.2. The van der Waals surface area contributed by atoms with Crippen LogP contribution in [0.2, 0.25) is 5.15 Å². The van der Waals surface area contributed by atoms with Crippen LogP contribution in [-0.2, 0) is 0 Å². The van der Waals surface area contributed by atoms with E-state index < -0.39 is 0 Å². The lowest BCUT2D eigenvalue weighted by Crippen LogP contribution is -2.24. The van der Waals surface area contributed by atoms with E-state index in [4.69, 9.17) is 18.0 Å². The average molecular weight is 209 g/mol. The Labute approximate surface area is 87.5 Å². The molecule has 1 rings (SSSR count). The molecule has 0 fully saturated rings. The Hall–Kier alpha value is -1.53. The highest BCUT2D eigenvalue weighted by Crippen LogP contribution is 2.04. The molecule has 0 saturated heterocycles. The summed E-state index contributed by atoms with van der Waals surface area (Å²) in [4.78, 5) is 15.2. The van der Waals surface area contributed by atoms with E-state index in [2.05, 4.69) is 16.2 Å². The number of aromatic nitrogens is 1. The van der Waals surface area contributed by atoms with Crippen molar-refractivity contribution in [3.05, 3.63) is 29.0 Å². The van der Waals surface area contributed by atoms with Crippen LogP contribution in [0.5, 0.6) is 0 Å². The van der Waals surface area contributed by atoms with E-state index in [-0.39, 0.29) is 5.91 Å². The highest BCUT2D eigenvalue weighted by Gasteiger charge is 2.03. The van der Waals surface area contributed by atoms with Crippen LogP contribution in [-0.4, -0.2) is 17.4 Å². The molecule has 1 N–H and O–H groups in total. The van der Waals surface area contributed by atoms with E-state index in [1.165, 1.54) is 6.20 Å². The Bertz CT molecular complexity index is 353. The SMILES string of the molecule is C#CCCNC(=O)c1ccc(Cl)nc1. The molecule has 0 radical (unpaired) electrons. The molecule has 72 valence electrons. The maximum atomic E-state index is 11.4. The van der Waals surface area contributed by atoms with Crippen molar-refractivity contribution < 1.29 is 4.79 Å². The van der Waals surface area contributed by atoms with Crippen molar-refractivity contribution in [2.24, 2.45) is 0 Å². The minimum Gasteiger partial charge on any atom is -0.351 e. The second-order valence-corrected chi connectivity index (χ2v) is 2.97. The van der Waals surface area contributed by atoms with E-state index >= 15 is 0 Å². The molecule has 3 nitrogen and oxygen atoms in total. The van der Waals surface area contributed by atoms with Gasteiger partial charge in [0.15, 0.2) is 0 Å². The monoisotopic (exact) mass is 208 g/mol. The number of carbonyl (C=O) groups is 1. The quantitative estimate of drug-likeness (QED) is 0.465. The van der Waals surface area contributed by atoms with Gasteiger partial charge in [0.05, 0.1) is 5.56 Å². The number of rotatable bonds is 3. The van der Waals surface area contributed by atoms with Crippen LogP contribution in [0.3, 0.4) is 0 Å². The van der Waals surface area contributed by atoms with Crippen LogP contribution in [0.15, 0.2) is 18.3 Å². The van der Waals surface area contributed by atoms with E-state index in [0.29, 0.717) is 23.7 Å². The number of terminal acetylenes is 1. The Morgan fingerprint density at radius 1 is 1.64 bits per heavy atom. The van der Waals surface area contributed by atoms with Gasteiger partial charge in [-0.25, -0.2) is 4.98 Å². The van der Waals surface area contributed by atoms with Gasteiger partial charge < -0.3 is 5.32 Å². The molecule has 0 atom stereocenters. The van der Waals surface area contributed by atoms with Gasteiger partial charge in [0, 0.05) is 19.2 Å². The summed E-state index contributed by atoms with van der Waals surface area (Å²) in [5.74, 6) is 2.24. The molecule has 0 saturated carbocycles. The van der Waals surface area contributed by atoms with Crippen molar-refractivity contribution in [2.75, 3.05) is 6.54 Å². The van der Waals surface area contributed by atoms with Crippen molar-refractivity contribution in [2.45, 2.75) is 6.42 Å². The van der Waals surface area contributed by atoms with Gasteiger partial charge >= 0.3 is 0 Å². The molecule has 0 aliphatic rings. The number of amides is 1. The molecular formula is C10H9ClN2O. The van der Waals surface area contributed by atoms with Crippen LogP contribution < -0.4 is 5.32 Å². The predicted molar refractivity (Wildman–Crippen MR) is 55.0 cm³/mol. The molecule has 0 aromatic carbocycles. The van der Waals surface area contributed by atoms with Gasteiger partial charge in [-0.05, 0) is 12.1 Å². The number of hydrogen-bond donors (Lipinski definition) is 1. The van der Waals surface area contributed by atoms with E-state index in [0.717, 1.165) is 0 Å². The summed E-state index contributed by atoms with van der Waals surface area (Å²) < 4.78 is 0. The Kier molecular flexibility index (Phi) is 3.96. The van der Waals surface area contributed by atoms with Crippen LogP contribution >= 0.6 is 11.6 Å². The normalized spacial score (nSPS) is 9.14. The van der Waals surface area contributed by atoms with Gasteiger partial charge in [0.1, 0.15) is 5.15 Å². The molecule has 4 heteroatoms. The van der Waals surface area contributed by atoms with Crippen LogP contribution in [0.4, 0.5) is 0 Å². The van der Waals surface area contributed by atoms with Gasteiger partial charge in [0.2, 0.25) is 0 Å². The fraction of sp³-hybridized carbons (Fsp3) is 0.200. The van der Waals surface area contributed by atoms with Crippen LogP contribution in [0.25, 0.3) is 0 Å². The zero-order valence-corrected chi connectivity index (χ0v) is 8.21. The van der Waals surface area contributed by atoms with Crippen molar-refractivity contribution in [3.8, 4) is 12.3 Å². The summed E-state index contributed by atoms with van der Waals surface area (Å²) >= 11 is 5.57. The molecule has 0 aliphatic carbocycles. The largest absolute Gasteiger partial charge is 0.351 e. The lowest BCUT2D eigenvalue weighted by Gasteiger charge is -2.01. The minimum atomic E-state index is -0.190. The smallest absolute Gasteiger partial charge is 0.252 e. The Balaban J connectivity index is 2.53. The molecule has 0 unspecified atom stereocenters. The maximum Gasteiger partial charge on any atom is 0.252 e. The zero-order valence-electron chi connectivity index (χ0n) is 7.46. The van der Waals surface area contributed by atoms with Gasteiger partial charge in [-0.3, -0.25) is 4.79 Å². The first-order valence-electron chi connectivity index (χ1n) is 4.07. The summed E-state index contributed by atoms with van der Waals surface area (Å²) in [7, 11) is 0. The molecule has 1 heterocycles. The third-order valence-corrected chi connectivity index (χ3v) is 1.77. The Morgan fingerprint density at radius 2 is 2.43 bits per heavy atom. The molecule has 0 spiro atoms. The van der Waals surface area contributed by atoms with Gasteiger partial charge in [-0.15, -0.1) is 12.3 Å². The Morgan fingerprint density at radius 3 is 3.00 bits per heavy atom. The number of pyridine rings is 1. The summed E-state index contributed by atoms with van der Waals surface area (Å²) in [6.45, 7) is 0.470. The number of nitrogens with zero attached hydrogens (tertiary/aromatic N) is 1. The highest BCUT2D eigenvalue weighted by molar-refractivity contribution is 6.29. The van der Waals surface area contributed by atoms with Crippen molar-refractivity contribution in [3.63, 3.8) is 0 Å². The number of nitrogens with one attached hydrogen (secondary N) is 1. The number of hydrogen-bond acceptors (Lipinski definition) is 2. The fourth-order valence-electron chi connectivity index (χ4n) is 0.860. The first-order valence-corrected chi connectivity index (χ1v) is 4.45. The fourth-order valence-corrected chi connectivity index (χ4v) is 0.972. The third-order valence-electron chi connectivity index (χ3n) is 1.54. The summed E-state index contributed by atoms with van der Waals surface area (Å²) in [5, 5.41) is 3.02. The predicted octanol–water partition coefficient (Wildman–Crippen LogP) is 1.49. The summed E-state index contributed by atoms with van der Waals surface area (Å²) in [6, 6.07) is 3.18. The number of halogens is 1. The third kappa shape index (κ3) is 3.08. The molecule has 1 amide bonds. The molecular weight excluding hydrogens is 200 g/mol.